The zero-order chi connectivity index (χ0) is 14.2. The molecule has 2 rings (SSSR count). The molecule has 0 spiro atoms. The summed E-state index contributed by atoms with van der Waals surface area (Å²) in [5.74, 6) is 0. The average Bonchev–Trinajstić information content (AvgIpc) is 2.92. The Morgan fingerprint density at radius 1 is 1.25 bits per heavy atom. The largest absolute Gasteiger partial charge is 0.383 e. The van der Waals surface area contributed by atoms with Crippen molar-refractivity contribution in [1.82, 2.24) is 15.1 Å². The van der Waals surface area contributed by atoms with Crippen LogP contribution in [0.25, 0.3) is 0 Å². The molecule has 0 bridgehead atoms. The first-order chi connectivity index (χ1) is 9.81. The number of nitrogens with zero attached hydrogens (tertiary/aromatic N) is 2. The summed E-state index contributed by atoms with van der Waals surface area (Å²) in [5.41, 5.74) is 2.47. The Labute approximate surface area is 120 Å². The lowest BCUT2D eigenvalue weighted by Crippen LogP contribution is -2.31. The van der Waals surface area contributed by atoms with Crippen molar-refractivity contribution < 1.29 is 4.74 Å². The van der Waals surface area contributed by atoms with Gasteiger partial charge in [0.2, 0.25) is 0 Å². The van der Waals surface area contributed by atoms with E-state index in [-0.39, 0.29) is 0 Å². The van der Waals surface area contributed by atoms with Crippen LogP contribution in [0.1, 0.15) is 24.5 Å². The molecule has 0 radical (unpaired) electrons. The van der Waals surface area contributed by atoms with E-state index >= 15 is 0 Å². The van der Waals surface area contributed by atoms with Crippen LogP contribution < -0.4 is 5.32 Å². The van der Waals surface area contributed by atoms with Crippen molar-refractivity contribution in [2.45, 2.75) is 32.5 Å². The maximum Gasteiger partial charge on any atom is 0.0659 e. The first-order valence-corrected chi connectivity index (χ1v) is 7.09. The summed E-state index contributed by atoms with van der Waals surface area (Å²) in [6.45, 7) is 4.55. The van der Waals surface area contributed by atoms with Crippen molar-refractivity contribution in [3.05, 3.63) is 53.9 Å². The van der Waals surface area contributed by atoms with Crippen molar-refractivity contribution >= 4 is 0 Å². The van der Waals surface area contributed by atoms with Gasteiger partial charge in [-0.25, -0.2) is 0 Å². The molecule has 4 heteroatoms. The highest BCUT2D eigenvalue weighted by atomic mass is 16.5. The molecule has 0 saturated carbocycles. The third-order valence-electron chi connectivity index (χ3n) is 3.33. The van der Waals surface area contributed by atoms with Gasteiger partial charge >= 0.3 is 0 Å². The van der Waals surface area contributed by atoms with Gasteiger partial charge in [0.1, 0.15) is 0 Å². The smallest absolute Gasteiger partial charge is 0.0659 e. The highest BCUT2D eigenvalue weighted by Gasteiger charge is 2.06. The Kier molecular flexibility index (Phi) is 5.77. The first-order valence-electron chi connectivity index (χ1n) is 7.09. The molecule has 0 saturated heterocycles. The second-order valence-corrected chi connectivity index (χ2v) is 4.97. The van der Waals surface area contributed by atoms with Gasteiger partial charge in [-0.1, -0.05) is 37.3 Å². The summed E-state index contributed by atoms with van der Waals surface area (Å²) in [6, 6.07) is 10.8. The fourth-order valence-electron chi connectivity index (χ4n) is 2.14. The van der Waals surface area contributed by atoms with Gasteiger partial charge in [-0.2, -0.15) is 5.10 Å². The summed E-state index contributed by atoms with van der Waals surface area (Å²) >= 11 is 0. The molecule has 0 fully saturated rings. The van der Waals surface area contributed by atoms with Crippen LogP contribution in [-0.4, -0.2) is 29.5 Å². The molecule has 2 aromatic rings. The highest BCUT2D eigenvalue weighted by molar-refractivity contribution is 5.15. The quantitative estimate of drug-likeness (QED) is 0.803. The number of rotatable bonds is 8. The summed E-state index contributed by atoms with van der Waals surface area (Å²) in [6.07, 6.45) is 5.08. The Morgan fingerprint density at radius 2 is 2.05 bits per heavy atom. The number of methoxy groups -OCH3 is 1. The molecule has 20 heavy (non-hydrogen) atoms. The number of aromatic nitrogens is 2. The molecule has 1 heterocycles. The molecular weight excluding hydrogens is 250 g/mol. The predicted octanol–water partition coefficient (Wildman–Crippen LogP) is 2.45. The predicted molar refractivity (Wildman–Crippen MR) is 80.6 cm³/mol. The molecule has 1 aromatic heterocycles. The number of hydrogen-bond donors (Lipinski definition) is 1. The minimum atomic E-state index is 0.400. The zero-order valence-corrected chi connectivity index (χ0v) is 12.2. The topological polar surface area (TPSA) is 39.1 Å². The molecule has 1 unspecified atom stereocenters. The van der Waals surface area contributed by atoms with E-state index in [9.17, 15) is 0 Å². The maximum absolute atomic E-state index is 5.18. The van der Waals surface area contributed by atoms with E-state index in [1.807, 2.05) is 16.9 Å². The van der Waals surface area contributed by atoms with Gasteiger partial charge in [0.05, 0.1) is 19.3 Å². The van der Waals surface area contributed by atoms with E-state index in [0.717, 1.165) is 26.1 Å². The minimum absolute atomic E-state index is 0.400. The molecule has 0 aliphatic heterocycles. The van der Waals surface area contributed by atoms with Crippen LogP contribution in [0.5, 0.6) is 0 Å². The van der Waals surface area contributed by atoms with Gasteiger partial charge in [0.25, 0.3) is 0 Å². The molecule has 4 nitrogen and oxygen atoms in total. The third-order valence-corrected chi connectivity index (χ3v) is 3.33. The molecule has 1 N–H and O–H groups in total. The Balaban J connectivity index is 1.86. The van der Waals surface area contributed by atoms with E-state index in [4.69, 9.17) is 4.74 Å². The van der Waals surface area contributed by atoms with Crippen molar-refractivity contribution in [1.29, 1.82) is 0 Å². The average molecular weight is 273 g/mol. The SMILES string of the molecule is CCC(COC)NCc1cnn(Cc2ccccc2)c1. The lowest BCUT2D eigenvalue weighted by molar-refractivity contribution is 0.164. The van der Waals surface area contributed by atoms with Crippen LogP contribution in [0.3, 0.4) is 0 Å². The van der Waals surface area contributed by atoms with Gasteiger partial charge in [0.15, 0.2) is 0 Å². The number of nitrogens with one attached hydrogen (secondary N) is 1. The summed E-state index contributed by atoms with van der Waals surface area (Å²) in [4.78, 5) is 0. The van der Waals surface area contributed by atoms with Gasteiger partial charge in [0, 0.05) is 31.5 Å². The van der Waals surface area contributed by atoms with Crippen molar-refractivity contribution in [3.8, 4) is 0 Å². The number of benzene rings is 1. The minimum Gasteiger partial charge on any atom is -0.383 e. The van der Waals surface area contributed by atoms with Gasteiger partial charge in [-0.3, -0.25) is 4.68 Å². The van der Waals surface area contributed by atoms with Crippen LogP contribution in [0.4, 0.5) is 0 Å². The highest BCUT2D eigenvalue weighted by Crippen LogP contribution is 2.04. The Morgan fingerprint density at radius 3 is 2.75 bits per heavy atom. The molecule has 108 valence electrons. The molecular formula is C16H23N3O. The second kappa shape index (κ2) is 7.82. The molecule has 1 aromatic carbocycles. The van der Waals surface area contributed by atoms with E-state index < -0.39 is 0 Å². The second-order valence-electron chi connectivity index (χ2n) is 4.97. The summed E-state index contributed by atoms with van der Waals surface area (Å²) < 4.78 is 7.16. The van der Waals surface area contributed by atoms with E-state index in [1.54, 1.807) is 7.11 Å². The van der Waals surface area contributed by atoms with Crippen LogP contribution in [0.2, 0.25) is 0 Å². The molecule has 0 aliphatic carbocycles. The van der Waals surface area contributed by atoms with Crippen LogP contribution >= 0.6 is 0 Å². The van der Waals surface area contributed by atoms with Crippen molar-refractivity contribution in [2.75, 3.05) is 13.7 Å². The number of ether oxygens (including phenoxy) is 1. The fourth-order valence-corrected chi connectivity index (χ4v) is 2.14. The van der Waals surface area contributed by atoms with Crippen LogP contribution in [-0.2, 0) is 17.8 Å². The summed E-state index contributed by atoms with van der Waals surface area (Å²) in [5, 5.41) is 7.89. The van der Waals surface area contributed by atoms with E-state index in [1.165, 1.54) is 11.1 Å². The molecule has 1 atom stereocenters. The standard InChI is InChI=1S/C16H23N3O/c1-3-16(13-20-2)17-9-15-10-18-19(12-15)11-14-7-5-4-6-8-14/h4-8,10,12,16-17H,3,9,11,13H2,1-2H3. The van der Waals surface area contributed by atoms with E-state index in [0.29, 0.717) is 6.04 Å². The van der Waals surface area contributed by atoms with Crippen LogP contribution in [0.15, 0.2) is 42.7 Å². The third kappa shape index (κ3) is 4.47. The zero-order valence-electron chi connectivity index (χ0n) is 12.2. The fraction of sp³-hybridized carbons (Fsp3) is 0.438. The van der Waals surface area contributed by atoms with Gasteiger partial charge in [-0.15, -0.1) is 0 Å². The van der Waals surface area contributed by atoms with Crippen LogP contribution in [0, 0.1) is 0 Å². The monoisotopic (exact) mass is 273 g/mol. The Hall–Kier alpha value is -1.65. The van der Waals surface area contributed by atoms with Gasteiger partial charge in [-0.05, 0) is 12.0 Å². The Bertz CT molecular complexity index is 495. The lowest BCUT2D eigenvalue weighted by atomic mass is 10.2. The molecule has 0 aliphatic rings. The maximum atomic E-state index is 5.18. The molecule has 0 amide bonds. The lowest BCUT2D eigenvalue weighted by Gasteiger charge is -2.14. The first kappa shape index (κ1) is 14.8. The van der Waals surface area contributed by atoms with Crippen molar-refractivity contribution in [3.63, 3.8) is 0 Å². The normalized spacial score (nSPS) is 12.5. The summed E-state index contributed by atoms with van der Waals surface area (Å²) in [7, 11) is 1.74. The van der Waals surface area contributed by atoms with Gasteiger partial charge < -0.3 is 10.1 Å². The number of hydrogen-bond acceptors (Lipinski definition) is 3. The van der Waals surface area contributed by atoms with Crippen molar-refractivity contribution in [2.24, 2.45) is 0 Å². The van der Waals surface area contributed by atoms with E-state index in [2.05, 4.69) is 47.8 Å².